The minimum Gasteiger partial charge on any atom is -0.478 e. The maximum absolute atomic E-state index is 13.3. The number of benzene rings is 1. The highest BCUT2D eigenvalue weighted by molar-refractivity contribution is 7.09. The zero-order chi connectivity index (χ0) is 25.8. The second-order valence-corrected chi connectivity index (χ2v) is 10.9. The molecule has 0 saturated carbocycles. The summed E-state index contributed by atoms with van der Waals surface area (Å²) in [6, 6.07) is 6.91. The van der Waals surface area contributed by atoms with Crippen molar-refractivity contribution in [3.8, 4) is 0 Å². The van der Waals surface area contributed by atoms with E-state index in [0.717, 1.165) is 5.56 Å². The van der Waals surface area contributed by atoms with Gasteiger partial charge in [0.15, 0.2) is 5.82 Å². The highest BCUT2D eigenvalue weighted by Gasteiger charge is 2.33. The van der Waals surface area contributed by atoms with Crippen LogP contribution in [-0.2, 0) is 10.2 Å². The Kier molecular flexibility index (Phi) is 8.22. The summed E-state index contributed by atoms with van der Waals surface area (Å²) in [7, 11) is 0. The Hall–Kier alpha value is -3.33. The van der Waals surface area contributed by atoms with Gasteiger partial charge in [0.1, 0.15) is 10.8 Å². The SMILES string of the molecule is Cc1nc([C@H](C/C(=C\C(C)C)C(=O)O)[C@H](NC(=O)c2ccc(C(C)(C)C)cc2)c2nccs2)n[nH]1. The van der Waals surface area contributed by atoms with E-state index in [1.807, 2.05) is 43.5 Å². The summed E-state index contributed by atoms with van der Waals surface area (Å²) in [4.78, 5) is 34.3. The number of thiazole rings is 1. The van der Waals surface area contributed by atoms with E-state index in [1.165, 1.54) is 11.3 Å². The zero-order valence-corrected chi connectivity index (χ0v) is 21.8. The molecule has 0 unspecified atom stereocenters. The molecule has 3 N–H and O–H groups in total. The van der Waals surface area contributed by atoms with Crippen LogP contribution in [0.1, 0.15) is 85.6 Å². The maximum Gasteiger partial charge on any atom is 0.331 e. The number of carbonyl (C=O) groups excluding carboxylic acids is 1. The van der Waals surface area contributed by atoms with Gasteiger partial charge >= 0.3 is 5.97 Å². The molecule has 0 spiro atoms. The molecule has 0 saturated heterocycles. The first kappa shape index (κ1) is 26.3. The average molecular weight is 496 g/mol. The summed E-state index contributed by atoms with van der Waals surface area (Å²) in [5, 5.41) is 22.6. The molecule has 3 aromatic rings. The van der Waals surface area contributed by atoms with E-state index >= 15 is 0 Å². The molecule has 0 aliphatic heterocycles. The highest BCUT2D eigenvalue weighted by Crippen LogP contribution is 2.36. The summed E-state index contributed by atoms with van der Waals surface area (Å²) in [6.07, 6.45) is 3.53. The van der Waals surface area contributed by atoms with E-state index in [9.17, 15) is 14.7 Å². The summed E-state index contributed by atoms with van der Waals surface area (Å²) in [5.41, 5.74) is 1.87. The van der Waals surface area contributed by atoms with Crippen LogP contribution in [0, 0.1) is 12.8 Å². The molecule has 1 aromatic carbocycles. The van der Waals surface area contributed by atoms with Crippen LogP contribution in [0.15, 0.2) is 47.5 Å². The van der Waals surface area contributed by atoms with Crippen molar-refractivity contribution in [2.24, 2.45) is 5.92 Å². The number of rotatable bonds is 9. The standard InChI is InChI=1S/C26H33N5O3S/c1-15(2)13-18(25(33)34)14-20(22-28-16(3)30-31-22)21(24-27-11-12-35-24)29-23(32)17-7-9-19(10-8-17)26(4,5)6/h7-13,15,20-21H,14H2,1-6H3,(H,29,32)(H,33,34)(H,28,30,31)/b18-13+/t20-,21+/m1/s1. The number of H-pyrrole nitrogens is 1. The van der Waals surface area contributed by atoms with Crippen LogP contribution in [0.25, 0.3) is 0 Å². The summed E-state index contributed by atoms with van der Waals surface area (Å²) in [6.45, 7) is 12.0. The number of carboxylic acid groups (broad SMARTS) is 1. The maximum atomic E-state index is 13.3. The lowest BCUT2D eigenvalue weighted by Crippen LogP contribution is -2.33. The van der Waals surface area contributed by atoms with Crippen LogP contribution in [-0.4, -0.2) is 37.1 Å². The first-order chi connectivity index (χ1) is 16.5. The molecule has 186 valence electrons. The third-order valence-electron chi connectivity index (χ3n) is 5.61. The molecule has 0 radical (unpaired) electrons. The first-order valence-corrected chi connectivity index (χ1v) is 12.5. The van der Waals surface area contributed by atoms with Gasteiger partial charge in [-0.15, -0.1) is 11.3 Å². The van der Waals surface area contributed by atoms with Gasteiger partial charge in [-0.05, 0) is 42.4 Å². The van der Waals surface area contributed by atoms with Crippen LogP contribution in [0.3, 0.4) is 0 Å². The van der Waals surface area contributed by atoms with Crippen molar-refractivity contribution >= 4 is 23.2 Å². The molecule has 3 rings (SSSR count). The molecule has 35 heavy (non-hydrogen) atoms. The smallest absolute Gasteiger partial charge is 0.331 e. The number of aromatic amines is 1. The van der Waals surface area contributed by atoms with Crippen LogP contribution >= 0.6 is 11.3 Å². The predicted octanol–water partition coefficient (Wildman–Crippen LogP) is 5.18. The van der Waals surface area contributed by atoms with Crippen LogP contribution in [0.5, 0.6) is 0 Å². The van der Waals surface area contributed by atoms with Crippen molar-refractivity contribution in [2.75, 3.05) is 0 Å². The van der Waals surface area contributed by atoms with Gasteiger partial charge < -0.3 is 10.4 Å². The molecule has 8 nitrogen and oxygen atoms in total. The molecule has 0 bridgehead atoms. The van der Waals surface area contributed by atoms with Gasteiger partial charge in [0.2, 0.25) is 0 Å². The van der Waals surface area contributed by atoms with E-state index in [-0.39, 0.29) is 29.2 Å². The molecule has 2 aromatic heterocycles. The Morgan fingerprint density at radius 1 is 1.20 bits per heavy atom. The first-order valence-electron chi connectivity index (χ1n) is 11.6. The van der Waals surface area contributed by atoms with Crippen LogP contribution < -0.4 is 5.32 Å². The minimum absolute atomic E-state index is 0.0248. The predicted molar refractivity (Wildman–Crippen MR) is 136 cm³/mol. The molecule has 0 aliphatic carbocycles. The van der Waals surface area contributed by atoms with E-state index < -0.39 is 17.9 Å². The van der Waals surface area contributed by atoms with Gasteiger partial charge in [0.05, 0.1) is 12.0 Å². The van der Waals surface area contributed by atoms with Crippen molar-refractivity contribution < 1.29 is 14.7 Å². The number of aliphatic carboxylic acids is 1. The molecule has 2 heterocycles. The van der Waals surface area contributed by atoms with E-state index in [0.29, 0.717) is 22.2 Å². The molecule has 2 atom stereocenters. The molecule has 0 aliphatic rings. The second-order valence-electron chi connectivity index (χ2n) is 9.98. The third-order valence-corrected chi connectivity index (χ3v) is 6.47. The lowest BCUT2D eigenvalue weighted by Gasteiger charge is -2.25. The number of amides is 1. The normalized spacial score (nSPS) is 14.1. The molecule has 1 amide bonds. The van der Waals surface area contributed by atoms with Crippen molar-refractivity contribution in [3.63, 3.8) is 0 Å². The second kappa shape index (κ2) is 10.9. The Bertz CT molecular complexity index is 1170. The average Bonchev–Trinajstić information content (AvgIpc) is 3.46. The monoisotopic (exact) mass is 495 g/mol. The molecule has 0 fully saturated rings. The number of nitrogens with zero attached hydrogens (tertiary/aromatic N) is 3. The van der Waals surface area contributed by atoms with E-state index in [2.05, 4.69) is 46.3 Å². The molecular weight excluding hydrogens is 462 g/mol. The number of aryl methyl sites for hydroxylation is 1. The topological polar surface area (TPSA) is 121 Å². The zero-order valence-electron chi connectivity index (χ0n) is 21.0. The lowest BCUT2D eigenvalue weighted by molar-refractivity contribution is -0.132. The van der Waals surface area contributed by atoms with Crippen molar-refractivity contribution in [3.05, 3.63) is 75.3 Å². The fourth-order valence-corrected chi connectivity index (χ4v) is 4.57. The van der Waals surface area contributed by atoms with Crippen molar-refractivity contribution in [2.45, 2.75) is 65.3 Å². The Labute approximate surface area is 209 Å². The Morgan fingerprint density at radius 3 is 2.37 bits per heavy atom. The molecule has 9 heteroatoms. The highest BCUT2D eigenvalue weighted by atomic mass is 32.1. The number of carbonyl (C=O) groups is 2. The fourth-order valence-electron chi connectivity index (χ4n) is 3.82. The number of hydrogen-bond acceptors (Lipinski definition) is 6. The third kappa shape index (κ3) is 6.85. The lowest BCUT2D eigenvalue weighted by atomic mass is 9.86. The summed E-state index contributed by atoms with van der Waals surface area (Å²) >= 11 is 1.39. The van der Waals surface area contributed by atoms with Gasteiger partial charge in [-0.2, -0.15) is 5.10 Å². The Balaban J connectivity index is 2.00. The largest absolute Gasteiger partial charge is 0.478 e. The molecular formula is C26H33N5O3S. The summed E-state index contributed by atoms with van der Waals surface area (Å²) in [5.74, 6) is -0.723. The fraction of sp³-hybridized carbons (Fsp3) is 0.423. The van der Waals surface area contributed by atoms with Crippen LogP contribution in [0.4, 0.5) is 0 Å². The van der Waals surface area contributed by atoms with Gasteiger partial charge in [0, 0.05) is 22.7 Å². The Morgan fingerprint density at radius 2 is 1.89 bits per heavy atom. The quantitative estimate of drug-likeness (QED) is 0.352. The minimum atomic E-state index is -1.00. The van der Waals surface area contributed by atoms with E-state index in [4.69, 9.17) is 0 Å². The van der Waals surface area contributed by atoms with Crippen molar-refractivity contribution in [1.82, 2.24) is 25.5 Å². The summed E-state index contributed by atoms with van der Waals surface area (Å²) < 4.78 is 0. The van der Waals surface area contributed by atoms with Gasteiger partial charge in [0.25, 0.3) is 5.91 Å². The number of nitrogens with one attached hydrogen (secondary N) is 2. The van der Waals surface area contributed by atoms with Gasteiger partial charge in [-0.1, -0.05) is 52.8 Å². The van der Waals surface area contributed by atoms with Gasteiger partial charge in [-0.25, -0.2) is 14.8 Å². The van der Waals surface area contributed by atoms with Gasteiger partial charge in [-0.3, -0.25) is 9.89 Å². The number of allylic oxidation sites excluding steroid dienone is 1. The number of hydrogen-bond donors (Lipinski definition) is 3. The van der Waals surface area contributed by atoms with Crippen LogP contribution in [0.2, 0.25) is 0 Å². The van der Waals surface area contributed by atoms with Crippen molar-refractivity contribution in [1.29, 1.82) is 0 Å². The van der Waals surface area contributed by atoms with E-state index in [1.54, 1.807) is 19.2 Å². The number of aromatic nitrogens is 4. The number of carboxylic acids is 1.